The van der Waals surface area contributed by atoms with Gasteiger partial charge in [0.1, 0.15) is 12.3 Å². The monoisotopic (exact) mass is 178 g/mol. The van der Waals surface area contributed by atoms with Crippen LogP contribution in [-0.2, 0) is 6.54 Å². The third-order valence-electron chi connectivity index (χ3n) is 1.73. The zero-order valence-corrected chi connectivity index (χ0v) is 8.05. The van der Waals surface area contributed by atoms with Gasteiger partial charge in [0.2, 0.25) is 0 Å². The zero-order chi connectivity index (χ0) is 9.52. The Kier molecular flexibility index (Phi) is 4.33. The van der Waals surface area contributed by atoms with Gasteiger partial charge >= 0.3 is 0 Å². The van der Waals surface area contributed by atoms with Crippen molar-refractivity contribution in [2.24, 2.45) is 0 Å². The lowest BCUT2D eigenvalue weighted by atomic mass is 10.2. The summed E-state index contributed by atoms with van der Waals surface area (Å²) in [5, 5.41) is 2.86. The second-order valence-electron chi connectivity index (χ2n) is 2.92. The van der Waals surface area contributed by atoms with Gasteiger partial charge in [-0.3, -0.25) is 0 Å². The molecule has 1 N–H and O–H groups in total. The van der Waals surface area contributed by atoms with Crippen LogP contribution < -0.4 is 10.1 Å². The number of benzene rings is 1. The highest BCUT2D eigenvalue weighted by Crippen LogP contribution is 2.11. The van der Waals surface area contributed by atoms with Crippen LogP contribution >= 0.6 is 0 Å². The van der Waals surface area contributed by atoms with Crippen molar-refractivity contribution < 1.29 is 10.1 Å². The second kappa shape index (κ2) is 5.60. The van der Waals surface area contributed by atoms with Gasteiger partial charge < -0.3 is 10.1 Å². The summed E-state index contributed by atoms with van der Waals surface area (Å²) in [5.41, 5.74) is 1.22. The maximum atomic E-state index is 5.45. The van der Waals surface area contributed by atoms with Crippen molar-refractivity contribution in [1.29, 1.82) is 0 Å². The topological polar surface area (TPSA) is 24.8 Å². The van der Waals surface area contributed by atoms with Crippen molar-refractivity contribution in [2.45, 2.75) is 19.9 Å². The fourth-order valence-electron chi connectivity index (χ4n) is 1.07. The Bertz CT molecular complexity index is 230. The molecule has 0 unspecified atom stereocenters. The van der Waals surface area contributed by atoms with E-state index < -0.39 is 0 Å². The molecule has 0 bridgehead atoms. The first kappa shape index (κ1) is 10.1. The van der Waals surface area contributed by atoms with Crippen molar-refractivity contribution in [1.82, 2.24) is 0 Å². The normalized spacial score (nSPS) is 10.0. The van der Waals surface area contributed by atoms with E-state index in [-0.39, 0.29) is 0 Å². The molecular weight excluding hydrogens is 162 g/mol. The van der Waals surface area contributed by atoms with Crippen LogP contribution in [0, 0.1) is 7.05 Å². The number of rotatable bonds is 5. The number of hydrogen-bond acceptors (Lipinski definition) is 2. The van der Waals surface area contributed by atoms with E-state index in [1.807, 2.05) is 24.3 Å². The van der Waals surface area contributed by atoms with Crippen LogP contribution in [0.5, 0.6) is 5.75 Å². The van der Waals surface area contributed by atoms with Gasteiger partial charge in [-0.1, -0.05) is 6.92 Å². The molecule has 0 aliphatic rings. The van der Waals surface area contributed by atoms with Gasteiger partial charge in [-0.2, -0.15) is 0 Å². The van der Waals surface area contributed by atoms with Gasteiger partial charge in [-0.05, 0) is 30.7 Å². The average molecular weight is 178 g/mol. The summed E-state index contributed by atoms with van der Waals surface area (Å²) >= 11 is 0. The summed E-state index contributed by atoms with van der Waals surface area (Å²) in [6.07, 6.45) is 1.04. The van der Waals surface area contributed by atoms with E-state index in [0.29, 0.717) is 0 Å². The van der Waals surface area contributed by atoms with Gasteiger partial charge in [-0.15, -0.1) is 7.05 Å². The number of hydrogen-bond donors (Lipinski definition) is 1. The molecule has 0 aliphatic carbocycles. The predicted octanol–water partition coefficient (Wildman–Crippen LogP) is 1.12. The predicted molar refractivity (Wildman–Crippen MR) is 52.3 cm³/mol. The average Bonchev–Trinajstić information content (AvgIpc) is 2.17. The van der Waals surface area contributed by atoms with E-state index in [9.17, 15) is 0 Å². The Labute approximate surface area is 79.9 Å². The molecule has 0 aromatic heterocycles. The molecule has 1 radical (unpaired) electrons. The fraction of sp³-hybridized carbons (Fsp3) is 0.364. The van der Waals surface area contributed by atoms with Crippen LogP contribution in [0.1, 0.15) is 18.9 Å². The summed E-state index contributed by atoms with van der Waals surface area (Å²) in [5.74, 6) is 0.940. The maximum Gasteiger partial charge on any atom is 0.119 e. The minimum atomic E-state index is 0.785. The minimum Gasteiger partial charge on any atom is -0.494 e. The van der Waals surface area contributed by atoms with Crippen LogP contribution in [0.3, 0.4) is 0 Å². The van der Waals surface area contributed by atoms with Crippen molar-refractivity contribution in [3.63, 3.8) is 0 Å². The molecular formula is C11H16NO. The molecule has 0 fully saturated rings. The van der Waals surface area contributed by atoms with Crippen molar-refractivity contribution in [2.75, 3.05) is 6.61 Å². The lowest BCUT2D eigenvalue weighted by Crippen LogP contribution is -2.74. The molecule has 2 nitrogen and oxygen atoms in total. The minimum absolute atomic E-state index is 0.785. The molecule has 0 saturated carbocycles. The molecule has 0 atom stereocenters. The van der Waals surface area contributed by atoms with E-state index in [0.717, 1.165) is 25.3 Å². The lowest BCUT2D eigenvalue weighted by Gasteiger charge is -2.04. The van der Waals surface area contributed by atoms with Crippen molar-refractivity contribution >= 4 is 0 Å². The first-order chi connectivity index (χ1) is 6.36. The number of ether oxygens (including phenoxy) is 1. The van der Waals surface area contributed by atoms with Gasteiger partial charge in [0.05, 0.1) is 6.61 Å². The summed E-state index contributed by atoms with van der Waals surface area (Å²) in [7, 11) is 3.57. The standard InChI is InChI=1S/C11H16NO/c1-3-8-13-11-6-4-10(5-7-11)9-12-2/h4-7,12H,2-3,8-9H2,1H3. The van der Waals surface area contributed by atoms with E-state index in [1.165, 1.54) is 5.56 Å². The Morgan fingerprint density at radius 1 is 1.31 bits per heavy atom. The zero-order valence-electron chi connectivity index (χ0n) is 8.05. The molecule has 0 amide bonds. The molecule has 1 aromatic carbocycles. The van der Waals surface area contributed by atoms with Gasteiger partial charge in [0.15, 0.2) is 0 Å². The first-order valence-electron chi connectivity index (χ1n) is 4.58. The molecule has 0 heterocycles. The van der Waals surface area contributed by atoms with Crippen molar-refractivity contribution in [3.05, 3.63) is 36.9 Å². The van der Waals surface area contributed by atoms with Gasteiger partial charge in [0.25, 0.3) is 0 Å². The highest BCUT2D eigenvalue weighted by molar-refractivity contribution is 5.26. The third kappa shape index (κ3) is 3.47. The molecule has 0 spiro atoms. The molecule has 1 rings (SSSR count). The van der Waals surface area contributed by atoms with E-state index in [2.05, 4.69) is 19.3 Å². The SMILES string of the molecule is [CH2-][NH+]Cc1ccc(OCCC)cc1. The summed E-state index contributed by atoms with van der Waals surface area (Å²) in [6.45, 7) is 3.68. The quantitative estimate of drug-likeness (QED) is 0.671. The first-order valence-corrected chi connectivity index (χ1v) is 4.58. The smallest absolute Gasteiger partial charge is 0.119 e. The highest BCUT2D eigenvalue weighted by Gasteiger charge is 1.94. The Hall–Kier alpha value is -1.02. The lowest BCUT2D eigenvalue weighted by molar-refractivity contribution is -0.612. The van der Waals surface area contributed by atoms with Crippen LogP contribution in [0.4, 0.5) is 0 Å². The highest BCUT2D eigenvalue weighted by atomic mass is 16.5. The summed E-state index contributed by atoms with van der Waals surface area (Å²) in [4.78, 5) is 0. The molecule has 2 heteroatoms. The molecule has 0 saturated heterocycles. The Balaban J connectivity index is 2.48. The molecule has 71 valence electrons. The largest absolute Gasteiger partial charge is 0.494 e. The summed E-state index contributed by atoms with van der Waals surface area (Å²) < 4.78 is 5.45. The van der Waals surface area contributed by atoms with Gasteiger partial charge in [0, 0.05) is 5.56 Å². The Morgan fingerprint density at radius 2 is 2.00 bits per heavy atom. The van der Waals surface area contributed by atoms with E-state index in [4.69, 9.17) is 4.74 Å². The third-order valence-corrected chi connectivity index (χ3v) is 1.73. The van der Waals surface area contributed by atoms with Crippen LogP contribution in [0.25, 0.3) is 0 Å². The van der Waals surface area contributed by atoms with Gasteiger partial charge in [-0.25, -0.2) is 0 Å². The molecule has 0 aliphatic heterocycles. The Morgan fingerprint density at radius 3 is 2.54 bits per heavy atom. The van der Waals surface area contributed by atoms with E-state index >= 15 is 0 Å². The molecule has 1 aromatic rings. The summed E-state index contributed by atoms with van der Waals surface area (Å²) in [6, 6.07) is 8.07. The molecule has 13 heavy (non-hydrogen) atoms. The fourth-order valence-corrected chi connectivity index (χ4v) is 1.07. The van der Waals surface area contributed by atoms with Crippen LogP contribution in [0.15, 0.2) is 24.3 Å². The second-order valence-corrected chi connectivity index (χ2v) is 2.92. The number of nitrogens with one attached hydrogen (secondary N) is 1. The van der Waals surface area contributed by atoms with Crippen LogP contribution in [-0.4, -0.2) is 6.61 Å². The maximum absolute atomic E-state index is 5.45. The van der Waals surface area contributed by atoms with Crippen LogP contribution in [0.2, 0.25) is 0 Å². The van der Waals surface area contributed by atoms with Crippen molar-refractivity contribution in [3.8, 4) is 5.75 Å². The van der Waals surface area contributed by atoms with E-state index in [1.54, 1.807) is 0 Å².